The molecule has 2 aromatic rings. The summed E-state index contributed by atoms with van der Waals surface area (Å²) in [6, 6.07) is 6.18. The van der Waals surface area contributed by atoms with E-state index < -0.39 is 0 Å². The second-order valence-corrected chi connectivity index (χ2v) is 5.48. The summed E-state index contributed by atoms with van der Waals surface area (Å²) in [5.41, 5.74) is 2.20. The zero-order valence-electron chi connectivity index (χ0n) is 12.6. The molecule has 0 aliphatic carbocycles. The van der Waals surface area contributed by atoms with E-state index in [-0.39, 0.29) is 0 Å². The van der Waals surface area contributed by atoms with Gasteiger partial charge in [-0.3, -0.25) is 0 Å². The van der Waals surface area contributed by atoms with Crippen LogP contribution in [0.4, 0.5) is 0 Å². The van der Waals surface area contributed by atoms with Gasteiger partial charge in [0.25, 0.3) is 0 Å². The Hall–Kier alpha value is -1.81. The SMILES string of the molecule is C=CCn1c(C2CCNCC2)nc2cc(OCC)ccc21. The molecule has 0 spiro atoms. The number of piperidine rings is 1. The first-order valence-corrected chi connectivity index (χ1v) is 7.78. The maximum Gasteiger partial charge on any atom is 0.121 e. The number of ether oxygens (including phenoxy) is 1. The third kappa shape index (κ3) is 2.81. The fourth-order valence-corrected chi connectivity index (χ4v) is 3.10. The van der Waals surface area contributed by atoms with E-state index in [9.17, 15) is 0 Å². The van der Waals surface area contributed by atoms with Gasteiger partial charge in [-0.2, -0.15) is 0 Å². The lowest BCUT2D eigenvalue weighted by Gasteiger charge is -2.22. The molecule has 1 aliphatic rings. The van der Waals surface area contributed by atoms with E-state index in [0.29, 0.717) is 12.5 Å². The minimum absolute atomic E-state index is 0.536. The monoisotopic (exact) mass is 285 g/mol. The van der Waals surface area contributed by atoms with Crippen LogP contribution in [0.5, 0.6) is 5.75 Å². The molecule has 1 aromatic heterocycles. The molecule has 1 aromatic carbocycles. The number of benzene rings is 1. The van der Waals surface area contributed by atoms with Crippen molar-refractivity contribution in [3.05, 3.63) is 36.7 Å². The quantitative estimate of drug-likeness (QED) is 0.858. The molecule has 3 rings (SSSR count). The van der Waals surface area contributed by atoms with Crippen LogP contribution in [0.25, 0.3) is 11.0 Å². The first-order valence-electron chi connectivity index (χ1n) is 7.78. The van der Waals surface area contributed by atoms with E-state index >= 15 is 0 Å². The van der Waals surface area contributed by atoms with E-state index in [1.54, 1.807) is 0 Å². The molecule has 0 unspecified atom stereocenters. The van der Waals surface area contributed by atoms with Gasteiger partial charge in [-0.05, 0) is 45.0 Å². The Bertz CT molecular complexity index is 626. The van der Waals surface area contributed by atoms with Gasteiger partial charge in [-0.15, -0.1) is 6.58 Å². The summed E-state index contributed by atoms with van der Waals surface area (Å²) < 4.78 is 7.89. The fourth-order valence-electron chi connectivity index (χ4n) is 3.10. The predicted molar refractivity (Wildman–Crippen MR) is 85.9 cm³/mol. The number of nitrogens with one attached hydrogen (secondary N) is 1. The molecule has 1 aliphatic heterocycles. The number of rotatable bonds is 5. The summed E-state index contributed by atoms with van der Waals surface area (Å²) in [5.74, 6) is 2.62. The van der Waals surface area contributed by atoms with E-state index in [2.05, 4.69) is 22.5 Å². The molecule has 2 heterocycles. The Kier molecular flexibility index (Phi) is 4.25. The summed E-state index contributed by atoms with van der Waals surface area (Å²) >= 11 is 0. The Labute approximate surface area is 125 Å². The molecule has 0 atom stereocenters. The van der Waals surface area contributed by atoms with Crippen molar-refractivity contribution in [2.24, 2.45) is 0 Å². The molecule has 112 valence electrons. The zero-order chi connectivity index (χ0) is 14.7. The van der Waals surface area contributed by atoms with Gasteiger partial charge in [0.1, 0.15) is 11.6 Å². The number of fused-ring (bicyclic) bond motifs is 1. The van der Waals surface area contributed by atoms with Crippen molar-refractivity contribution in [2.45, 2.75) is 32.2 Å². The van der Waals surface area contributed by atoms with Crippen LogP contribution in [0.3, 0.4) is 0 Å². The molecule has 0 amide bonds. The normalized spacial score (nSPS) is 16.2. The Balaban J connectivity index is 2.04. The molecule has 4 nitrogen and oxygen atoms in total. The minimum Gasteiger partial charge on any atom is -0.494 e. The lowest BCUT2D eigenvalue weighted by Crippen LogP contribution is -2.28. The lowest BCUT2D eigenvalue weighted by molar-refractivity contribution is 0.340. The predicted octanol–water partition coefficient (Wildman–Crippen LogP) is 3.09. The maximum absolute atomic E-state index is 5.59. The second kappa shape index (κ2) is 6.31. The maximum atomic E-state index is 5.59. The summed E-state index contributed by atoms with van der Waals surface area (Å²) in [4.78, 5) is 4.91. The molecule has 0 saturated carbocycles. The summed E-state index contributed by atoms with van der Waals surface area (Å²) in [6.45, 7) is 9.53. The van der Waals surface area contributed by atoms with Crippen molar-refractivity contribution in [1.29, 1.82) is 0 Å². The van der Waals surface area contributed by atoms with Gasteiger partial charge >= 0.3 is 0 Å². The van der Waals surface area contributed by atoms with Crippen LogP contribution >= 0.6 is 0 Å². The molecule has 1 saturated heterocycles. The molecule has 21 heavy (non-hydrogen) atoms. The highest BCUT2D eigenvalue weighted by Crippen LogP contribution is 2.30. The van der Waals surface area contributed by atoms with E-state index in [1.807, 2.05) is 25.1 Å². The lowest BCUT2D eigenvalue weighted by atomic mass is 9.97. The van der Waals surface area contributed by atoms with Gasteiger partial charge in [0.15, 0.2) is 0 Å². The summed E-state index contributed by atoms with van der Waals surface area (Å²) in [6.07, 6.45) is 4.25. The van der Waals surface area contributed by atoms with Crippen LogP contribution in [0.1, 0.15) is 31.5 Å². The molecule has 0 bridgehead atoms. The van der Waals surface area contributed by atoms with Gasteiger partial charge < -0.3 is 14.6 Å². The fraction of sp³-hybridized carbons (Fsp3) is 0.471. The largest absolute Gasteiger partial charge is 0.494 e. The average molecular weight is 285 g/mol. The van der Waals surface area contributed by atoms with Crippen molar-refractivity contribution < 1.29 is 4.74 Å². The molecular weight excluding hydrogens is 262 g/mol. The number of nitrogens with zero attached hydrogens (tertiary/aromatic N) is 2. The molecule has 1 N–H and O–H groups in total. The first kappa shape index (κ1) is 14.1. The summed E-state index contributed by atoms with van der Waals surface area (Å²) in [7, 11) is 0. The highest BCUT2D eigenvalue weighted by molar-refractivity contribution is 5.78. The number of hydrogen-bond acceptors (Lipinski definition) is 3. The number of hydrogen-bond donors (Lipinski definition) is 1. The van der Waals surface area contributed by atoms with E-state index in [0.717, 1.165) is 43.7 Å². The molecule has 4 heteroatoms. The van der Waals surface area contributed by atoms with Crippen molar-refractivity contribution in [1.82, 2.24) is 14.9 Å². The third-order valence-electron chi connectivity index (χ3n) is 4.08. The molecular formula is C17H23N3O. The smallest absolute Gasteiger partial charge is 0.121 e. The van der Waals surface area contributed by atoms with Gasteiger partial charge in [-0.25, -0.2) is 4.98 Å². The standard InChI is InChI=1S/C17H23N3O/c1-3-11-20-16-6-5-14(21-4-2)12-15(16)19-17(20)13-7-9-18-10-8-13/h3,5-6,12-13,18H,1,4,7-11H2,2H3. The Morgan fingerprint density at radius 1 is 1.43 bits per heavy atom. The van der Waals surface area contributed by atoms with Crippen molar-refractivity contribution in [3.8, 4) is 5.75 Å². The van der Waals surface area contributed by atoms with Gasteiger partial charge in [0.05, 0.1) is 17.6 Å². The van der Waals surface area contributed by atoms with Crippen LogP contribution in [0.15, 0.2) is 30.9 Å². The minimum atomic E-state index is 0.536. The zero-order valence-corrected chi connectivity index (χ0v) is 12.6. The Morgan fingerprint density at radius 3 is 2.95 bits per heavy atom. The average Bonchev–Trinajstić information content (AvgIpc) is 2.87. The van der Waals surface area contributed by atoms with Crippen LogP contribution < -0.4 is 10.1 Å². The van der Waals surface area contributed by atoms with Crippen LogP contribution in [0, 0.1) is 0 Å². The van der Waals surface area contributed by atoms with E-state index in [1.165, 1.54) is 11.3 Å². The summed E-state index contributed by atoms with van der Waals surface area (Å²) in [5, 5.41) is 3.42. The topological polar surface area (TPSA) is 39.1 Å². The van der Waals surface area contributed by atoms with Gasteiger partial charge in [0.2, 0.25) is 0 Å². The van der Waals surface area contributed by atoms with Crippen LogP contribution in [0.2, 0.25) is 0 Å². The number of imidazole rings is 1. The highest BCUT2D eigenvalue weighted by Gasteiger charge is 2.22. The molecule has 0 radical (unpaired) electrons. The Morgan fingerprint density at radius 2 is 2.24 bits per heavy atom. The van der Waals surface area contributed by atoms with Crippen LogP contribution in [-0.4, -0.2) is 29.2 Å². The van der Waals surface area contributed by atoms with Crippen molar-refractivity contribution in [2.75, 3.05) is 19.7 Å². The number of aromatic nitrogens is 2. The van der Waals surface area contributed by atoms with Gasteiger partial charge in [0, 0.05) is 18.5 Å². The second-order valence-electron chi connectivity index (χ2n) is 5.48. The van der Waals surface area contributed by atoms with Crippen molar-refractivity contribution in [3.63, 3.8) is 0 Å². The van der Waals surface area contributed by atoms with Crippen LogP contribution in [-0.2, 0) is 6.54 Å². The third-order valence-corrected chi connectivity index (χ3v) is 4.08. The van der Waals surface area contributed by atoms with Crippen molar-refractivity contribution >= 4 is 11.0 Å². The highest BCUT2D eigenvalue weighted by atomic mass is 16.5. The van der Waals surface area contributed by atoms with E-state index in [4.69, 9.17) is 9.72 Å². The van der Waals surface area contributed by atoms with Gasteiger partial charge in [-0.1, -0.05) is 6.08 Å². The first-order chi connectivity index (χ1) is 10.3. The number of allylic oxidation sites excluding steroid dienone is 1. The molecule has 1 fully saturated rings.